The molecule has 1 heterocycles. The quantitative estimate of drug-likeness (QED) is 0.659. The summed E-state index contributed by atoms with van der Waals surface area (Å²) in [7, 11) is -4.26. The van der Waals surface area contributed by atoms with Gasteiger partial charge < -0.3 is 5.11 Å². The largest absolute Gasteiger partial charge is 0.480 e. The van der Waals surface area contributed by atoms with Crippen molar-refractivity contribution in [2.75, 3.05) is 6.54 Å². The summed E-state index contributed by atoms with van der Waals surface area (Å²) in [5.41, 5.74) is -2.14. The molecule has 8 nitrogen and oxygen atoms in total. The minimum Gasteiger partial charge on any atom is -0.480 e. The molecule has 21 heavy (non-hydrogen) atoms. The Hall–Kier alpha value is -2.00. The SMILES string of the molecule is CC1(C(=O)O)CCCN1S(=O)(=O)c1ccccc1[N+](=O)[O-]. The van der Waals surface area contributed by atoms with Crippen molar-refractivity contribution in [1.82, 2.24) is 4.31 Å². The van der Waals surface area contributed by atoms with E-state index in [4.69, 9.17) is 0 Å². The van der Waals surface area contributed by atoms with Crippen molar-refractivity contribution in [2.24, 2.45) is 0 Å². The Balaban J connectivity index is 2.58. The molecular weight excluding hydrogens is 300 g/mol. The van der Waals surface area contributed by atoms with Gasteiger partial charge in [-0.05, 0) is 25.8 Å². The van der Waals surface area contributed by atoms with E-state index < -0.39 is 37.0 Å². The lowest BCUT2D eigenvalue weighted by Gasteiger charge is -2.29. The maximum atomic E-state index is 12.6. The average molecular weight is 314 g/mol. The number of carboxylic acids is 1. The van der Waals surface area contributed by atoms with Gasteiger partial charge in [0.25, 0.3) is 15.7 Å². The Labute approximate surface area is 121 Å². The molecule has 1 aromatic rings. The Bertz CT molecular complexity index is 701. The van der Waals surface area contributed by atoms with Gasteiger partial charge in [0.1, 0.15) is 5.54 Å². The van der Waals surface area contributed by atoms with Crippen LogP contribution in [0.4, 0.5) is 5.69 Å². The first-order chi connectivity index (χ1) is 9.71. The molecule has 1 saturated heterocycles. The fourth-order valence-corrected chi connectivity index (χ4v) is 4.45. The molecule has 1 aliphatic heterocycles. The Kier molecular flexibility index (Phi) is 3.72. The molecular formula is C12H14N2O6S. The van der Waals surface area contributed by atoms with Crippen molar-refractivity contribution in [3.8, 4) is 0 Å². The number of nitro benzene ring substituents is 1. The van der Waals surface area contributed by atoms with Crippen LogP contribution >= 0.6 is 0 Å². The fraction of sp³-hybridized carbons (Fsp3) is 0.417. The minimum absolute atomic E-state index is 0.0250. The van der Waals surface area contributed by atoms with Crippen molar-refractivity contribution in [1.29, 1.82) is 0 Å². The molecule has 2 rings (SSSR count). The zero-order chi connectivity index (χ0) is 15.8. The van der Waals surface area contributed by atoms with Crippen molar-refractivity contribution < 1.29 is 23.2 Å². The summed E-state index contributed by atoms with van der Waals surface area (Å²) in [4.78, 5) is 21.1. The Morgan fingerprint density at radius 1 is 1.43 bits per heavy atom. The normalized spacial score (nSPS) is 23.1. The average Bonchev–Trinajstić information content (AvgIpc) is 2.83. The predicted molar refractivity (Wildman–Crippen MR) is 72.3 cm³/mol. The fourth-order valence-electron chi connectivity index (χ4n) is 2.48. The van der Waals surface area contributed by atoms with Gasteiger partial charge in [-0.15, -0.1) is 0 Å². The van der Waals surface area contributed by atoms with Crippen LogP contribution in [0.3, 0.4) is 0 Å². The van der Waals surface area contributed by atoms with Gasteiger partial charge in [0.15, 0.2) is 4.90 Å². The second-order valence-corrected chi connectivity index (χ2v) is 6.82. The molecule has 0 amide bonds. The zero-order valence-corrected chi connectivity index (χ0v) is 12.0. The summed E-state index contributed by atoms with van der Waals surface area (Å²) in [5, 5.41) is 20.3. The summed E-state index contributed by atoms with van der Waals surface area (Å²) in [6.45, 7) is 1.34. The molecule has 1 aliphatic rings. The number of carbonyl (C=O) groups is 1. The van der Waals surface area contributed by atoms with E-state index in [9.17, 15) is 28.4 Å². The first-order valence-corrected chi connectivity index (χ1v) is 7.65. The third-order valence-electron chi connectivity index (χ3n) is 3.67. The molecule has 0 bridgehead atoms. The van der Waals surface area contributed by atoms with E-state index in [1.54, 1.807) is 0 Å². The minimum atomic E-state index is -4.26. The third kappa shape index (κ3) is 2.38. The number of benzene rings is 1. The molecule has 114 valence electrons. The summed E-state index contributed by atoms with van der Waals surface area (Å²) >= 11 is 0. The highest BCUT2D eigenvalue weighted by Gasteiger charge is 2.50. The van der Waals surface area contributed by atoms with Crippen LogP contribution in [0.15, 0.2) is 29.2 Å². The second-order valence-electron chi connectivity index (χ2n) is 4.98. The molecule has 1 atom stereocenters. The maximum Gasteiger partial charge on any atom is 0.324 e. The van der Waals surface area contributed by atoms with E-state index in [2.05, 4.69) is 0 Å². The van der Waals surface area contributed by atoms with Crippen LogP contribution in [0.1, 0.15) is 19.8 Å². The van der Waals surface area contributed by atoms with Gasteiger partial charge in [-0.3, -0.25) is 14.9 Å². The number of rotatable bonds is 4. The topological polar surface area (TPSA) is 118 Å². The molecule has 1 aromatic carbocycles. The van der Waals surface area contributed by atoms with Crippen LogP contribution in [-0.2, 0) is 14.8 Å². The van der Waals surface area contributed by atoms with E-state index in [-0.39, 0.29) is 13.0 Å². The van der Waals surface area contributed by atoms with Gasteiger partial charge in [-0.2, -0.15) is 4.31 Å². The van der Waals surface area contributed by atoms with E-state index in [1.165, 1.54) is 19.1 Å². The Morgan fingerprint density at radius 2 is 2.05 bits per heavy atom. The molecule has 0 saturated carbocycles. The molecule has 1 fully saturated rings. The van der Waals surface area contributed by atoms with Crippen molar-refractivity contribution >= 4 is 21.7 Å². The molecule has 9 heteroatoms. The number of nitro groups is 1. The van der Waals surface area contributed by atoms with E-state index in [0.717, 1.165) is 16.4 Å². The summed E-state index contributed by atoms with van der Waals surface area (Å²) < 4.78 is 26.1. The van der Waals surface area contributed by atoms with E-state index in [1.807, 2.05) is 0 Å². The van der Waals surface area contributed by atoms with Crippen molar-refractivity contribution in [2.45, 2.75) is 30.2 Å². The zero-order valence-electron chi connectivity index (χ0n) is 11.2. The predicted octanol–water partition coefficient (Wildman–Crippen LogP) is 1.22. The number of aliphatic carboxylic acids is 1. The van der Waals surface area contributed by atoms with Crippen molar-refractivity contribution in [3.63, 3.8) is 0 Å². The van der Waals surface area contributed by atoms with E-state index >= 15 is 0 Å². The first-order valence-electron chi connectivity index (χ1n) is 6.21. The van der Waals surface area contributed by atoms with Gasteiger partial charge in [0, 0.05) is 12.6 Å². The van der Waals surface area contributed by atoms with Gasteiger partial charge in [-0.25, -0.2) is 8.42 Å². The Morgan fingerprint density at radius 3 is 2.62 bits per heavy atom. The molecule has 1 N–H and O–H groups in total. The number of hydrogen-bond acceptors (Lipinski definition) is 5. The number of carboxylic acid groups (broad SMARTS) is 1. The first kappa shape index (κ1) is 15.4. The second kappa shape index (κ2) is 5.08. The van der Waals surface area contributed by atoms with Crippen LogP contribution in [0.2, 0.25) is 0 Å². The van der Waals surface area contributed by atoms with Gasteiger partial charge in [-0.1, -0.05) is 12.1 Å². The number of para-hydroxylation sites is 1. The standard InChI is InChI=1S/C12H14N2O6S/c1-12(11(15)16)7-4-8-13(12)21(19,20)10-6-3-2-5-9(10)14(17)18/h2-3,5-6H,4,7-8H2,1H3,(H,15,16). The number of hydrogen-bond donors (Lipinski definition) is 1. The third-order valence-corrected chi connectivity index (χ3v) is 5.73. The van der Waals surface area contributed by atoms with Gasteiger partial charge in [0.2, 0.25) is 0 Å². The highest BCUT2D eigenvalue weighted by molar-refractivity contribution is 7.89. The number of nitrogens with zero attached hydrogens (tertiary/aromatic N) is 2. The summed E-state index contributed by atoms with van der Waals surface area (Å²) in [5.74, 6) is -1.26. The molecule has 0 aromatic heterocycles. The lowest BCUT2D eigenvalue weighted by Crippen LogP contribution is -2.50. The molecule has 0 aliphatic carbocycles. The maximum absolute atomic E-state index is 12.6. The monoisotopic (exact) mass is 314 g/mol. The molecule has 0 spiro atoms. The van der Waals surface area contributed by atoms with Crippen LogP contribution in [-0.4, -0.2) is 40.8 Å². The molecule has 0 radical (unpaired) electrons. The lowest BCUT2D eigenvalue weighted by atomic mass is 10.0. The van der Waals surface area contributed by atoms with Crippen LogP contribution in [0.5, 0.6) is 0 Å². The highest BCUT2D eigenvalue weighted by Crippen LogP contribution is 2.37. The van der Waals surface area contributed by atoms with Gasteiger partial charge in [0.05, 0.1) is 4.92 Å². The number of sulfonamides is 1. The van der Waals surface area contributed by atoms with E-state index in [0.29, 0.717) is 6.42 Å². The molecule has 1 unspecified atom stereocenters. The van der Waals surface area contributed by atoms with Crippen LogP contribution < -0.4 is 0 Å². The lowest BCUT2D eigenvalue weighted by molar-refractivity contribution is -0.387. The van der Waals surface area contributed by atoms with Crippen LogP contribution in [0, 0.1) is 10.1 Å². The highest BCUT2D eigenvalue weighted by atomic mass is 32.2. The smallest absolute Gasteiger partial charge is 0.324 e. The van der Waals surface area contributed by atoms with Crippen molar-refractivity contribution in [3.05, 3.63) is 34.4 Å². The van der Waals surface area contributed by atoms with Gasteiger partial charge >= 0.3 is 5.97 Å². The van der Waals surface area contributed by atoms with Crippen LogP contribution in [0.25, 0.3) is 0 Å². The summed E-state index contributed by atoms with van der Waals surface area (Å²) in [6.07, 6.45) is 0.560. The summed E-state index contributed by atoms with van der Waals surface area (Å²) in [6, 6.07) is 4.93.